The van der Waals surface area contributed by atoms with E-state index >= 15 is 0 Å². The topological polar surface area (TPSA) is 108 Å². The Morgan fingerprint density at radius 2 is 2.00 bits per heavy atom. The molecule has 4 rings (SSSR count). The van der Waals surface area contributed by atoms with Crippen LogP contribution in [-0.4, -0.2) is 46.4 Å². The Morgan fingerprint density at radius 1 is 1.16 bits per heavy atom. The summed E-state index contributed by atoms with van der Waals surface area (Å²) in [5, 5.41) is 20.9. The van der Waals surface area contributed by atoms with Crippen LogP contribution in [-0.2, 0) is 11.3 Å². The average Bonchev–Trinajstić information content (AvgIpc) is 2.77. The van der Waals surface area contributed by atoms with Crippen LogP contribution in [0.15, 0.2) is 53.0 Å². The Balaban J connectivity index is 1.42. The number of nitrogens with one attached hydrogen (secondary N) is 1. The number of rotatable bonds is 6. The van der Waals surface area contributed by atoms with Crippen molar-refractivity contribution in [2.24, 2.45) is 10.2 Å². The number of ether oxygens (including phenoxy) is 1. The smallest absolute Gasteiger partial charge is 0.270 e. The predicted octanol–water partition coefficient (Wildman–Crippen LogP) is 3.89. The fraction of sp³-hybridized carbons (Fsp3) is 0.286. The molecule has 0 amide bonds. The summed E-state index contributed by atoms with van der Waals surface area (Å²) in [4.78, 5) is 14.3. The Bertz CT molecular complexity index is 1090. The van der Waals surface area contributed by atoms with Gasteiger partial charge in [-0.15, -0.1) is 5.11 Å². The molecule has 0 saturated carbocycles. The molecule has 1 aromatic carbocycles. The van der Waals surface area contributed by atoms with Gasteiger partial charge in [-0.3, -0.25) is 4.98 Å². The van der Waals surface area contributed by atoms with E-state index in [1.54, 1.807) is 24.4 Å². The largest absolute Gasteiger partial charge is 0.508 e. The first kappa shape index (κ1) is 20.6. The summed E-state index contributed by atoms with van der Waals surface area (Å²) in [6, 6.07) is 8.79. The van der Waals surface area contributed by atoms with E-state index in [1.165, 1.54) is 0 Å². The van der Waals surface area contributed by atoms with Gasteiger partial charge in [0.1, 0.15) is 12.3 Å². The Morgan fingerprint density at radius 3 is 2.77 bits per heavy atom. The molecular weight excluding hydrogens is 401 g/mol. The summed E-state index contributed by atoms with van der Waals surface area (Å²) in [5.41, 5.74) is 3.23. The van der Waals surface area contributed by atoms with E-state index in [1.807, 2.05) is 24.0 Å². The molecule has 10 heteroatoms. The molecule has 2 N–H and O–H groups in total. The van der Waals surface area contributed by atoms with E-state index < -0.39 is 5.82 Å². The van der Waals surface area contributed by atoms with Crippen LogP contribution in [0.3, 0.4) is 0 Å². The van der Waals surface area contributed by atoms with Gasteiger partial charge in [-0.2, -0.15) is 10.1 Å². The van der Waals surface area contributed by atoms with E-state index in [0.29, 0.717) is 26.3 Å². The molecule has 31 heavy (non-hydrogen) atoms. The summed E-state index contributed by atoms with van der Waals surface area (Å²) in [7, 11) is 0. The number of anilines is 3. The molecule has 0 spiro atoms. The SMILES string of the molecule is Cc1cc(Nc2cccc(O)c2)cnc1CN=Nc1ncc(F)c(N2CCOCC2)n1. The van der Waals surface area contributed by atoms with Crippen molar-refractivity contribution in [3.8, 4) is 5.75 Å². The quantitative estimate of drug-likeness (QED) is 0.579. The summed E-state index contributed by atoms with van der Waals surface area (Å²) in [6.07, 6.45) is 2.80. The van der Waals surface area contributed by atoms with Crippen molar-refractivity contribution in [3.63, 3.8) is 0 Å². The molecule has 0 bridgehead atoms. The maximum Gasteiger partial charge on any atom is 0.270 e. The molecule has 3 heterocycles. The zero-order valence-electron chi connectivity index (χ0n) is 17.0. The molecule has 0 unspecified atom stereocenters. The lowest BCUT2D eigenvalue weighted by molar-refractivity contribution is 0.122. The van der Waals surface area contributed by atoms with Crippen LogP contribution in [0.4, 0.5) is 27.5 Å². The molecule has 3 aromatic rings. The molecule has 0 aliphatic carbocycles. The van der Waals surface area contributed by atoms with Crippen LogP contribution >= 0.6 is 0 Å². The highest BCUT2D eigenvalue weighted by Crippen LogP contribution is 2.23. The normalized spacial score (nSPS) is 14.2. The number of pyridine rings is 1. The molecule has 2 aromatic heterocycles. The average molecular weight is 423 g/mol. The molecule has 0 radical (unpaired) electrons. The standard InChI is InChI=1S/C21H22FN7O2/c1-14-9-16(26-15-3-2-4-17(30)10-15)11-23-19(14)13-25-28-21-24-12-18(22)20(27-21)29-5-7-31-8-6-29/h2-4,9-12,26,30H,5-8,13H2,1H3. The van der Waals surface area contributed by atoms with Crippen LogP contribution in [0.25, 0.3) is 0 Å². The number of halogens is 1. The van der Waals surface area contributed by atoms with Crippen molar-refractivity contribution in [1.82, 2.24) is 15.0 Å². The monoisotopic (exact) mass is 423 g/mol. The molecule has 0 atom stereocenters. The maximum atomic E-state index is 14.1. The van der Waals surface area contributed by atoms with Crippen LogP contribution < -0.4 is 10.2 Å². The van der Waals surface area contributed by atoms with Crippen LogP contribution in [0, 0.1) is 12.7 Å². The fourth-order valence-electron chi connectivity index (χ4n) is 3.15. The summed E-state index contributed by atoms with van der Waals surface area (Å²) in [6.45, 7) is 4.36. The van der Waals surface area contributed by atoms with Crippen LogP contribution in [0.2, 0.25) is 0 Å². The third kappa shape index (κ3) is 5.28. The van der Waals surface area contributed by atoms with E-state index in [-0.39, 0.29) is 24.1 Å². The molecule has 9 nitrogen and oxygen atoms in total. The number of phenols is 1. The number of aryl methyl sites for hydroxylation is 1. The van der Waals surface area contributed by atoms with Gasteiger partial charge < -0.3 is 20.1 Å². The Hall–Kier alpha value is -3.66. The lowest BCUT2D eigenvalue weighted by atomic mass is 10.2. The zero-order valence-corrected chi connectivity index (χ0v) is 17.0. The van der Waals surface area contributed by atoms with Gasteiger partial charge in [0.05, 0.1) is 37.0 Å². The first-order valence-electron chi connectivity index (χ1n) is 9.83. The van der Waals surface area contributed by atoms with Gasteiger partial charge in [0.15, 0.2) is 11.6 Å². The van der Waals surface area contributed by atoms with Crippen LogP contribution in [0.5, 0.6) is 5.75 Å². The molecule has 1 aliphatic heterocycles. The lowest BCUT2D eigenvalue weighted by Crippen LogP contribution is -2.37. The van der Waals surface area contributed by atoms with E-state index in [9.17, 15) is 9.50 Å². The van der Waals surface area contributed by atoms with Crippen molar-refractivity contribution in [2.75, 3.05) is 36.5 Å². The Kier molecular flexibility index (Phi) is 6.27. The van der Waals surface area contributed by atoms with Crippen LogP contribution in [0.1, 0.15) is 11.3 Å². The number of nitrogens with zero attached hydrogens (tertiary/aromatic N) is 6. The van der Waals surface area contributed by atoms with Gasteiger partial charge in [-0.1, -0.05) is 6.07 Å². The number of aromatic hydroxyl groups is 1. The highest BCUT2D eigenvalue weighted by Gasteiger charge is 2.17. The minimum Gasteiger partial charge on any atom is -0.508 e. The minimum atomic E-state index is -0.492. The van der Waals surface area contributed by atoms with Gasteiger partial charge >= 0.3 is 0 Å². The van der Waals surface area contributed by atoms with E-state index in [4.69, 9.17) is 4.74 Å². The third-order valence-electron chi connectivity index (χ3n) is 4.73. The minimum absolute atomic E-state index is 0.0997. The van der Waals surface area contributed by atoms with Crippen molar-refractivity contribution in [2.45, 2.75) is 13.5 Å². The van der Waals surface area contributed by atoms with Gasteiger partial charge in [0.25, 0.3) is 5.95 Å². The molecule has 1 aliphatic rings. The van der Waals surface area contributed by atoms with Gasteiger partial charge in [0, 0.05) is 24.8 Å². The second kappa shape index (κ2) is 9.43. The van der Waals surface area contributed by atoms with Crippen molar-refractivity contribution < 1.29 is 14.2 Å². The van der Waals surface area contributed by atoms with Crippen molar-refractivity contribution in [3.05, 3.63) is 59.8 Å². The van der Waals surface area contributed by atoms with Crippen molar-refractivity contribution in [1.29, 1.82) is 0 Å². The summed E-state index contributed by atoms with van der Waals surface area (Å²) in [5.74, 6) is 0.00587. The maximum absolute atomic E-state index is 14.1. The Labute approximate surface area is 178 Å². The number of hydrogen-bond acceptors (Lipinski definition) is 9. The zero-order chi connectivity index (χ0) is 21.6. The van der Waals surface area contributed by atoms with Gasteiger partial charge in [0.2, 0.25) is 0 Å². The van der Waals surface area contributed by atoms with Gasteiger partial charge in [-0.25, -0.2) is 9.37 Å². The molecule has 1 fully saturated rings. The first-order valence-corrected chi connectivity index (χ1v) is 9.83. The van der Waals surface area contributed by atoms with E-state index in [2.05, 4.69) is 30.5 Å². The number of hydrogen-bond donors (Lipinski definition) is 2. The van der Waals surface area contributed by atoms with E-state index in [0.717, 1.165) is 28.8 Å². The number of azo groups is 1. The summed E-state index contributed by atoms with van der Waals surface area (Å²) < 4.78 is 19.4. The highest BCUT2D eigenvalue weighted by atomic mass is 19.1. The fourth-order valence-corrected chi connectivity index (χ4v) is 3.15. The number of phenolic OH excluding ortho intramolecular Hbond substituents is 1. The summed E-state index contributed by atoms with van der Waals surface area (Å²) >= 11 is 0. The van der Waals surface area contributed by atoms with Crippen molar-refractivity contribution >= 4 is 23.1 Å². The lowest BCUT2D eigenvalue weighted by Gasteiger charge is -2.27. The second-order valence-corrected chi connectivity index (χ2v) is 7.00. The first-order chi connectivity index (χ1) is 15.1. The number of aromatic nitrogens is 3. The molecule has 160 valence electrons. The highest BCUT2D eigenvalue weighted by molar-refractivity contribution is 5.61. The third-order valence-corrected chi connectivity index (χ3v) is 4.73. The predicted molar refractivity (Wildman–Crippen MR) is 114 cm³/mol. The number of morpholine rings is 1. The molecular formula is C21H22FN7O2. The van der Waals surface area contributed by atoms with Gasteiger partial charge in [-0.05, 0) is 30.7 Å². The number of benzene rings is 1. The molecule has 1 saturated heterocycles. The second-order valence-electron chi connectivity index (χ2n) is 7.00.